The number of hydrogen-bond acceptors (Lipinski definition) is 7. The van der Waals surface area contributed by atoms with Crippen LogP contribution >= 0.6 is 0 Å². The molecule has 3 rings (SSSR count). The summed E-state index contributed by atoms with van der Waals surface area (Å²) < 4.78 is 0. The largest absolute Gasteiger partial charge is 0.508 e. The lowest BCUT2D eigenvalue weighted by Gasteiger charge is -2.19. The zero-order valence-electron chi connectivity index (χ0n) is 17.5. The molecule has 0 aliphatic rings. The molecule has 0 bridgehead atoms. The van der Waals surface area contributed by atoms with Gasteiger partial charge in [-0.1, -0.05) is 18.2 Å². The van der Waals surface area contributed by atoms with Crippen molar-refractivity contribution in [1.29, 1.82) is 0 Å². The zero-order valence-corrected chi connectivity index (χ0v) is 17.5. The van der Waals surface area contributed by atoms with Crippen LogP contribution in [-0.2, 0) is 17.6 Å². The van der Waals surface area contributed by atoms with Gasteiger partial charge in [0.2, 0.25) is 5.91 Å². The number of aromatic hydroxyl groups is 5. The molecule has 0 radical (unpaired) electrons. The van der Waals surface area contributed by atoms with Crippen molar-refractivity contribution in [3.05, 3.63) is 77.4 Å². The van der Waals surface area contributed by atoms with Crippen molar-refractivity contribution < 1.29 is 35.1 Å². The fourth-order valence-electron chi connectivity index (χ4n) is 3.16. The molecule has 0 saturated carbocycles. The van der Waals surface area contributed by atoms with Crippen LogP contribution in [0.1, 0.15) is 21.5 Å². The molecule has 172 valence electrons. The van der Waals surface area contributed by atoms with Gasteiger partial charge in [-0.2, -0.15) is 0 Å². The van der Waals surface area contributed by atoms with Crippen LogP contribution in [0.2, 0.25) is 0 Å². The third-order valence-electron chi connectivity index (χ3n) is 4.99. The van der Waals surface area contributed by atoms with Gasteiger partial charge in [-0.05, 0) is 60.0 Å². The number of rotatable bonds is 8. The first-order valence-corrected chi connectivity index (χ1v) is 10.1. The van der Waals surface area contributed by atoms with Crippen molar-refractivity contribution in [2.45, 2.75) is 18.9 Å². The molecule has 0 aliphatic heterocycles. The Bertz CT molecular complexity index is 1150. The van der Waals surface area contributed by atoms with Gasteiger partial charge in [0.1, 0.15) is 11.8 Å². The minimum absolute atomic E-state index is 0.0633. The maximum absolute atomic E-state index is 12.9. The first-order valence-electron chi connectivity index (χ1n) is 10.1. The highest BCUT2D eigenvalue weighted by molar-refractivity contribution is 5.98. The van der Waals surface area contributed by atoms with Crippen LogP contribution in [0.4, 0.5) is 0 Å². The maximum Gasteiger partial charge on any atom is 0.252 e. The average molecular weight is 452 g/mol. The quantitative estimate of drug-likeness (QED) is 0.257. The Morgan fingerprint density at radius 1 is 0.727 bits per heavy atom. The third-order valence-corrected chi connectivity index (χ3v) is 4.99. The molecular formula is C24H24N2O7. The molecule has 9 heteroatoms. The van der Waals surface area contributed by atoms with E-state index < -0.39 is 23.6 Å². The van der Waals surface area contributed by atoms with E-state index in [1.807, 2.05) is 0 Å². The fraction of sp³-hybridized carbons (Fsp3) is 0.167. The molecule has 33 heavy (non-hydrogen) atoms. The van der Waals surface area contributed by atoms with Gasteiger partial charge in [0, 0.05) is 18.5 Å². The molecule has 0 aromatic heterocycles. The molecule has 0 aliphatic carbocycles. The molecule has 7 N–H and O–H groups in total. The lowest BCUT2D eigenvalue weighted by atomic mass is 10.0. The van der Waals surface area contributed by atoms with E-state index in [0.717, 1.165) is 6.07 Å². The highest BCUT2D eigenvalue weighted by Crippen LogP contribution is 2.25. The predicted molar refractivity (Wildman–Crippen MR) is 119 cm³/mol. The molecule has 1 atom stereocenters. The summed E-state index contributed by atoms with van der Waals surface area (Å²) in [5.74, 6) is -2.33. The average Bonchev–Trinajstić information content (AvgIpc) is 2.79. The summed E-state index contributed by atoms with van der Waals surface area (Å²) in [6, 6.07) is 13.2. The van der Waals surface area contributed by atoms with Gasteiger partial charge >= 0.3 is 0 Å². The van der Waals surface area contributed by atoms with Crippen LogP contribution in [0.15, 0.2) is 60.7 Å². The number of benzene rings is 3. The van der Waals surface area contributed by atoms with E-state index in [1.165, 1.54) is 36.4 Å². The highest BCUT2D eigenvalue weighted by Gasteiger charge is 2.22. The fourth-order valence-corrected chi connectivity index (χ4v) is 3.16. The Kier molecular flexibility index (Phi) is 7.24. The van der Waals surface area contributed by atoms with Crippen molar-refractivity contribution in [1.82, 2.24) is 10.6 Å². The molecule has 9 nitrogen and oxygen atoms in total. The molecule has 0 spiro atoms. The van der Waals surface area contributed by atoms with Crippen molar-refractivity contribution in [3.63, 3.8) is 0 Å². The van der Waals surface area contributed by atoms with Gasteiger partial charge in [0.15, 0.2) is 23.0 Å². The topological polar surface area (TPSA) is 159 Å². The summed E-state index contributed by atoms with van der Waals surface area (Å²) in [5, 5.41) is 52.9. The Hall–Kier alpha value is -4.40. The van der Waals surface area contributed by atoms with Crippen molar-refractivity contribution in [3.8, 4) is 28.7 Å². The molecule has 0 heterocycles. The highest BCUT2D eigenvalue weighted by atomic mass is 16.3. The minimum atomic E-state index is -0.966. The van der Waals surface area contributed by atoms with Crippen LogP contribution in [0.25, 0.3) is 0 Å². The number of hydrogen-bond donors (Lipinski definition) is 7. The van der Waals surface area contributed by atoms with Crippen LogP contribution in [0, 0.1) is 0 Å². The van der Waals surface area contributed by atoms with E-state index in [-0.39, 0.29) is 41.5 Å². The standard InChI is InChI=1S/C24H24N2O7/c27-17-5-1-14(2-6-17)11-18(26-23(32)16-4-8-20(29)22(31)13-16)24(33)25-10-9-15-3-7-19(28)21(30)12-15/h1-8,12-13,18,27-31H,9-11H2,(H,25,33)(H,26,32)/t18-/m0/s1. The molecule has 0 fully saturated rings. The Labute approximate surface area is 189 Å². The molecule has 3 aromatic carbocycles. The predicted octanol–water partition coefficient (Wildman–Crippen LogP) is 1.91. The number of carbonyl (C=O) groups excluding carboxylic acids is 2. The Balaban J connectivity index is 1.70. The molecular weight excluding hydrogens is 428 g/mol. The van der Waals surface area contributed by atoms with Crippen LogP contribution in [0.5, 0.6) is 28.7 Å². The number of phenols is 5. The first-order chi connectivity index (χ1) is 15.7. The van der Waals surface area contributed by atoms with Crippen molar-refractivity contribution >= 4 is 11.8 Å². The lowest BCUT2D eigenvalue weighted by molar-refractivity contribution is -0.122. The summed E-state index contributed by atoms with van der Waals surface area (Å²) in [7, 11) is 0. The van der Waals surface area contributed by atoms with Gasteiger partial charge < -0.3 is 36.2 Å². The number of amides is 2. The van der Waals surface area contributed by atoms with Crippen LogP contribution in [0.3, 0.4) is 0 Å². The minimum Gasteiger partial charge on any atom is -0.508 e. The first kappa shape index (κ1) is 23.3. The second-order valence-corrected chi connectivity index (χ2v) is 7.46. The lowest BCUT2D eigenvalue weighted by Crippen LogP contribution is -2.48. The smallest absolute Gasteiger partial charge is 0.252 e. The second kappa shape index (κ2) is 10.3. The van der Waals surface area contributed by atoms with E-state index >= 15 is 0 Å². The summed E-state index contributed by atoms with van der Waals surface area (Å²) >= 11 is 0. The summed E-state index contributed by atoms with van der Waals surface area (Å²) in [6.07, 6.45) is 0.521. The second-order valence-electron chi connectivity index (χ2n) is 7.46. The normalized spacial score (nSPS) is 11.5. The van der Waals surface area contributed by atoms with Crippen molar-refractivity contribution in [2.24, 2.45) is 0 Å². The number of nitrogens with one attached hydrogen (secondary N) is 2. The molecule has 3 aromatic rings. The molecule has 0 saturated heterocycles. The van der Waals surface area contributed by atoms with Gasteiger partial charge in [0.05, 0.1) is 0 Å². The van der Waals surface area contributed by atoms with E-state index in [2.05, 4.69) is 10.6 Å². The van der Waals surface area contributed by atoms with Gasteiger partial charge in [-0.25, -0.2) is 0 Å². The summed E-state index contributed by atoms with van der Waals surface area (Å²) in [5.41, 5.74) is 1.46. The Morgan fingerprint density at radius 3 is 1.97 bits per heavy atom. The summed E-state index contributed by atoms with van der Waals surface area (Å²) in [6.45, 7) is 0.213. The Morgan fingerprint density at radius 2 is 1.33 bits per heavy atom. The monoisotopic (exact) mass is 452 g/mol. The van der Waals surface area contributed by atoms with Gasteiger partial charge in [-0.3, -0.25) is 9.59 Å². The number of carbonyl (C=O) groups is 2. The zero-order chi connectivity index (χ0) is 24.0. The maximum atomic E-state index is 12.9. The summed E-state index contributed by atoms with van der Waals surface area (Å²) in [4.78, 5) is 25.5. The van der Waals surface area contributed by atoms with Gasteiger partial charge in [0.25, 0.3) is 5.91 Å². The van der Waals surface area contributed by atoms with Crippen LogP contribution in [-0.4, -0.2) is 49.9 Å². The van der Waals surface area contributed by atoms with Crippen molar-refractivity contribution in [2.75, 3.05) is 6.54 Å². The third kappa shape index (κ3) is 6.30. The molecule has 2 amide bonds. The van der Waals surface area contributed by atoms with Crippen LogP contribution < -0.4 is 10.6 Å². The molecule has 0 unspecified atom stereocenters. The van der Waals surface area contributed by atoms with E-state index in [9.17, 15) is 35.1 Å². The van der Waals surface area contributed by atoms with E-state index in [4.69, 9.17) is 0 Å². The van der Waals surface area contributed by atoms with E-state index in [0.29, 0.717) is 17.5 Å². The SMILES string of the molecule is O=C(N[C@@H](Cc1ccc(O)cc1)C(=O)NCCc1ccc(O)c(O)c1)c1ccc(O)c(O)c1. The number of phenolic OH excluding ortho intramolecular Hbond substituents is 5. The van der Waals surface area contributed by atoms with E-state index in [1.54, 1.807) is 18.2 Å². The van der Waals surface area contributed by atoms with Gasteiger partial charge in [-0.15, -0.1) is 0 Å².